The second-order valence-corrected chi connectivity index (χ2v) is 6.15. The lowest BCUT2D eigenvalue weighted by atomic mass is 10.2. The number of benzene rings is 2. The molecule has 0 saturated carbocycles. The molecule has 138 valence electrons. The van der Waals surface area contributed by atoms with Gasteiger partial charge in [-0.2, -0.15) is 5.26 Å². The Hall–Kier alpha value is -4.05. The van der Waals surface area contributed by atoms with Gasteiger partial charge in [-0.25, -0.2) is 0 Å². The van der Waals surface area contributed by atoms with E-state index in [0.717, 1.165) is 11.3 Å². The summed E-state index contributed by atoms with van der Waals surface area (Å²) < 4.78 is 10.6. The average Bonchev–Trinajstić information content (AvgIpc) is 3.20. The molecule has 0 atom stereocenters. The lowest BCUT2D eigenvalue weighted by molar-refractivity contribution is 0.0950. The van der Waals surface area contributed by atoms with E-state index in [9.17, 15) is 4.79 Å². The molecule has 2 heterocycles. The minimum atomic E-state index is -0.236. The molecule has 3 aromatic rings. The van der Waals surface area contributed by atoms with E-state index in [-0.39, 0.29) is 12.7 Å². The van der Waals surface area contributed by atoms with Crippen LogP contribution < -0.4 is 20.1 Å². The van der Waals surface area contributed by atoms with E-state index in [1.807, 2.05) is 24.3 Å². The molecule has 0 bridgehead atoms. The summed E-state index contributed by atoms with van der Waals surface area (Å²) in [5, 5.41) is 15.0. The molecule has 2 aromatic carbocycles. The van der Waals surface area contributed by atoms with Gasteiger partial charge in [0.05, 0.1) is 29.1 Å². The first-order valence-corrected chi connectivity index (χ1v) is 8.60. The lowest BCUT2D eigenvalue weighted by Crippen LogP contribution is -2.23. The molecule has 1 aliphatic heterocycles. The summed E-state index contributed by atoms with van der Waals surface area (Å²) in [6, 6.07) is 16.4. The molecule has 7 nitrogen and oxygen atoms in total. The van der Waals surface area contributed by atoms with Crippen molar-refractivity contribution in [3.8, 4) is 17.6 Å². The van der Waals surface area contributed by atoms with E-state index >= 15 is 0 Å². The smallest absolute Gasteiger partial charge is 0.253 e. The van der Waals surface area contributed by atoms with Crippen LogP contribution in [-0.2, 0) is 6.54 Å². The van der Waals surface area contributed by atoms with Gasteiger partial charge < -0.3 is 20.1 Å². The highest BCUT2D eigenvalue weighted by atomic mass is 16.7. The molecule has 0 saturated heterocycles. The third kappa shape index (κ3) is 3.86. The number of nitrogens with zero attached hydrogens (tertiary/aromatic N) is 2. The number of hydrogen-bond acceptors (Lipinski definition) is 6. The molecule has 1 aromatic heterocycles. The first-order valence-electron chi connectivity index (χ1n) is 8.60. The summed E-state index contributed by atoms with van der Waals surface area (Å²) in [6.07, 6.45) is 3.12. The highest BCUT2D eigenvalue weighted by Gasteiger charge is 2.14. The van der Waals surface area contributed by atoms with Crippen molar-refractivity contribution < 1.29 is 14.3 Å². The Morgan fingerprint density at radius 1 is 1.07 bits per heavy atom. The molecule has 7 heteroatoms. The first kappa shape index (κ1) is 17.4. The summed E-state index contributed by atoms with van der Waals surface area (Å²) in [7, 11) is 0. The summed E-state index contributed by atoms with van der Waals surface area (Å²) >= 11 is 0. The molecule has 0 radical (unpaired) electrons. The van der Waals surface area contributed by atoms with Crippen molar-refractivity contribution in [3.63, 3.8) is 0 Å². The van der Waals surface area contributed by atoms with Crippen LogP contribution >= 0.6 is 0 Å². The van der Waals surface area contributed by atoms with Gasteiger partial charge in [0, 0.05) is 18.4 Å². The van der Waals surface area contributed by atoms with E-state index < -0.39 is 0 Å². The van der Waals surface area contributed by atoms with Crippen LogP contribution in [0.15, 0.2) is 60.9 Å². The van der Waals surface area contributed by atoms with Crippen molar-refractivity contribution in [2.45, 2.75) is 6.54 Å². The lowest BCUT2D eigenvalue weighted by Gasteiger charge is -2.09. The number of amides is 1. The van der Waals surface area contributed by atoms with Crippen LogP contribution in [0.4, 0.5) is 11.4 Å². The van der Waals surface area contributed by atoms with Gasteiger partial charge >= 0.3 is 0 Å². The summed E-state index contributed by atoms with van der Waals surface area (Å²) in [5.74, 6) is 1.15. The fourth-order valence-corrected chi connectivity index (χ4v) is 2.80. The second-order valence-electron chi connectivity index (χ2n) is 6.15. The van der Waals surface area contributed by atoms with Crippen molar-refractivity contribution in [3.05, 3.63) is 77.6 Å². The monoisotopic (exact) mass is 372 g/mol. The zero-order chi connectivity index (χ0) is 19.3. The number of nitrogens with one attached hydrogen (secondary N) is 2. The van der Waals surface area contributed by atoms with Gasteiger partial charge in [-0.3, -0.25) is 9.78 Å². The molecule has 4 rings (SSSR count). The molecule has 28 heavy (non-hydrogen) atoms. The summed E-state index contributed by atoms with van der Waals surface area (Å²) in [4.78, 5) is 16.6. The molecule has 0 unspecified atom stereocenters. The zero-order valence-electron chi connectivity index (χ0n) is 14.8. The van der Waals surface area contributed by atoms with Crippen LogP contribution in [0.5, 0.6) is 11.5 Å². The third-order valence-electron chi connectivity index (χ3n) is 4.17. The van der Waals surface area contributed by atoms with Gasteiger partial charge in [-0.15, -0.1) is 0 Å². The van der Waals surface area contributed by atoms with Gasteiger partial charge in [0.1, 0.15) is 0 Å². The quantitative estimate of drug-likeness (QED) is 0.713. The highest BCUT2D eigenvalue weighted by Crippen LogP contribution is 2.32. The number of carbonyl (C=O) groups excluding carboxylic acids is 1. The van der Waals surface area contributed by atoms with Crippen molar-refractivity contribution >= 4 is 17.3 Å². The second kappa shape index (κ2) is 7.68. The number of ether oxygens (including phenoxy) is 2. The minimum Gasteiger partial charge on any atom is -0.454 e. The highest BCUT2D eigenvalue weighted by molar-refractivity contribution is 5.94. The van der Waals surface area contributed by atoms with E-state index in [4.69, 9.17) is 14.7 Å². The Morgan fingerprint density at radius 2 is 1.96 bits per heavy atom. The van der Waals surface area contributed by atoms with E-state index in [0.29, 0.717) is 34.9 Å². The van der Waals surface area contributed by atoms with Crippen molar-refractivity contribution in [2.75, 3.05) is 12.1 Å². The van der Waals surface area contributed by atoms with Crippen LogP contribution in [0, 0.1) is 11.3 Å². The predicted molar refractivity (Wildman–Crippen MR) is 102 cm³/mol. The van der Waals surface area contributed by atoms with Gasteiger partial charge in [0.2, 0.25) is 6.79 Å². The Morgan fingerprint density at radius 3 is 2.86 bits per heavy atom. The molecule has 0 fully saturated rings. The number of aromatic nitrogens is 1. The molecular weight excluding hydrogens is 356 g/mol. The maximum atomic E-state index is 12.5. The van der Waals surface area contributed by atoms with Crippen LogP contribution in [0.25, 0.3) is 0 Å². The van der Waals surface area contributed by atoms with Gasteiger partial charge in [-0.05, 0) is 42.0 Å². The number of hydrogen-bond donors (Lipinski definition) is 2. The maximum absolute atomic E-state index is 12.5. The number of fused-ring (bicyclic) bond motifs is 1. The average molecular weight is 372 g/mol. The summed E-state index contributed by atoms with van der Waals surface area (Å²) in [6.45, 7) is 0.575. The van der Waals surface area contributed by atoms with Crippen molar-refractivity contribution in [2.24, 2.45) is 0 Å². The number of nitriles is 1. The Balaban J connectivity index is 1.42. The van der Waals surface area contributed by atoms with Crippen LogP contribution in [0.1, 0.15) is 21.5 Å². The third-order valence-corrected chi connectivity index (χ3v) is 4.17. The van der Waals surface area contributed by atoms with E-state index in [1.54, 1.807) is 30.5 Å². The molecular formula is C21H16N4O3. The van der Waals surface area contributed by atoms with Gasteiger partial charge in [0.25, 0.3) is 5.91 Å². The molecule has 2 N–H and O–H groups in total. The topological polar surface area (TPSA) is 96.3 Å². The first-order chi connectivity index (χ1) is 13.7. The molecule has 1 aliphatic rings. The molecule has 0 spiro atoms. The fraction of sp³-hybridized carbons (Fsp3) is 0.0952. The standard InChI is InChI=1S/C21H16N4O3/c22-9-14-2-1-3-17(6-14)25-18-8-16(11-23-12-18)21(26)24-10-15-4-5-19-20(7-15)28-13-27-19/h1-8,11-12,25H,10,13H2,(H,24,26). The Labute approximate surface area is 161 Å². The van der Waals surface area contributed by atoms with Crippen LogP contribution in [0.3, 0.4) is 0 Å². The van der Waals surface area contributed by atoms with E-state index in [1.165, 1.54) is 6.20 Å². The fourth-order valence-electron chi connectivity index (χ4n) is 2.80. The SMILES string of the molecule is N#Cc1cccc(Nc2cncc(C(=O)NCc3ccc4c(c3)OCO4)c2)c1. The number of rotatable bonds is 5. The van der Waals surface area contributed by atoms with Gasteiger partial charge in [-0.1, -0.05) is 12.1 Å². The van der Waals surface area contributed by atoms with E-state index in [2.05, 4.69) is 21.7 Å². The van der Waals surface area contributed by atoms with Crippen molar-refractivity contribution in [1.82, 2.24) is 10.3 Å². The van der Waals surface area contributed by atoms with Crippen LogP contribution in [-0.4, -0.2) is 17.7 Å². The minimum absolute atomic E-state index is 0.216. The number of anilines is 2. The van der Waals surface area contributed by atoms with Crippen molar-refractivity contribution in [1.29, 1.82) is 5.26 Å². The molecule has 1 amide bonds. The Kier molecular flexibility index (Phi) is 4.76. The van der Waals surface area contributed by atoms with Gasteiger partial charge in [0.15, 0.2) is 11.5 Å². The summed E-state index contributed by atoms with van der Waals surface area (Å²) in [5.41, 5.74) is 3.30. The number of pyridine rings is 1. The normalized spacial score (nSPS) is 11.5. The molecule has 0 aliphatic carbocycles. The largest absolute Gasteiger partial charge is 0.454 e. The maximum Gasteiger partial charge on any atom is 0.253 e. The zero-order valence-corrected chi connectivity index (χ0v) is 14.8. The Bertz CT molecular complexity index is 1080. The number of carbonyl (C=O) groups is 1. The predicted octanol–water partition coefficient (Wildman–Crippen LogP) is 3.36. The van der Waals surface area contributed by atoms with Crippen LogP contribution in [0.2, 0.25) is 0 Å².